The first kappa shape index (κ1) is 11.0. The van der Waals surface area contributed by atoms with Crippen molar-refractivity contribution in [1.29, 1.82) is 0 Å². The first-order valence-corrected chi connectivity index (χ1v) is 6.03. The summed E-state index contributed by atoms with van der Waals surface area (Å²) in [5.41, 5.74) is -0.0470. The lowest BCUT2D eigenvalue weighted by molar-refractivity contribution is 0.698. The molecule has 2 heterocycles. The molecule has 6 nitrogen and oxygen atoms in total. The van der Waals surface area contributed by atoms with E-state index in [1.54, 1.807) is 23.2 Å². The fourth-order valence-corrected chi connectivity index (χ4v) is 1.92. The lowest BCUT2D eigenvalue weighted by atomic mass is 10.5. The molecule has 0 aliphatic heterocycles. The predicted octanol–water partition coefficient (Wildman–Crippen LogP) is 0.924. The maximum Gasteiger partial charge on any atom is 0.293 e. The van der Waals surface area contributed by atoms with Gasteiger partial charge in [0.15, 0.2) is 5.82 Å². The van der Waals surface area contributed by atoms with Crippen molar-refractivity contribution >= 4 is 5.82 Å². The van der Waals surface area contributed by atoms with E-state index in [2.05, 4.69) is 15.3 Å². The second kappa shape index (κ2) is 4.29. The summed E-state index contributed by atoms with van der Waals surface area (Å²) < 4.78 is 3.67. The van der Waals surface area contributed by atoms with Crippen LogP contribution in [0.25, 0.3) is 0 Å². The van der Waals surface area contributed by atoms with Crippen LogP contribution in [0.4, 0.5) is 5.82 Å². The van der Waals surface area contributed by atoms with E-state index in [0.717, 1.165) is 18.7 Å². The van der Waals surface area contributed by atoms with Crippen LogP contribution in [0.5, 0.6) is 0 Å². The van der Waals surface area contributed by atoms with Gasteiger partial charge in [0, 0.05) is 37.9 Å². The molecule has 1 saturated carbocycles. The molecule has 0 aromatic carbocycles. The van der Waals surface area contributed by atoms with Gasteiger partial charge in [-0.25, -0.2) is 9.97 Å². The van der Waals surface area contributed by atoms with Crippen molar-refractivity contribution < 1.29 is 0 Å². The number of anilines is 1. The van der Waals surface area contributed by atoms with Crippen molar-refractivity contribution in [2.75, 3.05) is 5.32 Å². The average Bonchev–Trinajstić information content (AvgIpc) is 3.12. The Morgan fingerprint density at radius 3 is 2.78 bits per heavy atom. The Balaban J connectivity index is 1.79. The normalized spacial score (nSPS) is 14.7. The average molecular weight is 245 g/mol. The van der Waals surface area contributed by atoms with E-state index in [-0.39, 0.29) is 5.56 Å². The molecule has 0 unspecified atom stereocenters. The van der Waals surface area contributed by atoms with E-state index in [1.807, 2.05) is 17.8 Å². The lowest BCUT2D eigenvalue weighted by Gasteiger charge is -2.08. The fraction of sp³-hybridized carbons (Fsp3) is 0.417. The molecule has 2 aromatic rings. The maximum atomic E-state index is 12.1. The molecule has 94 valence electrons. The Morgan fingerprint density at radius 2 is 2.11 bits per heavy atom. The SMILES string of the molecule is Cn1ccnc1CNc1nccn(C2CC2)c1=O. The molecule has 0 saturated heterocycles. The monoisotopic (exact) mass is 245 g/mol. The third-order valence-corrected chi connectivity index (χ3v) is 3.14. The van der Waals surface area contributed by atoms with Gasteiger partial charge in [0.2, 0.25) is 0 Å². The highest BCUT2D eigenvalue weighted by Gasteiger charge is 2.25. The Kier molecular flexibility index (Phi) is 2.62. The van der Waals surface area contributed by atoms with Crippen LogP contribution in [0.2, 0.25) is 0 Å². The minimum absolute atomic E-state index is 0.0470. The molecule has 2 aromatic heterocycles. The largest absolute Gasteiger partial charge is 0.358 e. The topological polar surface area (TPSA) is 64.7 Å². The smallest absolute Gasteiger partial charge is 0.293 e. The second-order valence-electron chi connectivity index (χ2n) is 4.53. The number of hydrogen-bond acceptors (Lipinski definition) is 4. The van der Waals surface area contributed by atoms with Gasteiger partial charge in [0.1, 0.15) is 5.82 Å². The Labute approximate surface area is 104 Å². The molecule has 0 atom stereocenters. The van der Waals surface area contributed by atoms with E-state index in [0.29, 0.717) is 18.4 Å². The molecule has 0 amide bonds. The summed E-state index contributed by atoms with van der Waals surface area (Å²) in [6, 6.07) is 0.370. The van der Waals surface area contributed by atoms with Crippen molar-refractivity contribution in [2.45, 2.75) is 25.4 Å². The summed E-state index contributed by atoms with van der Waals surface area (Å²) in [6.07, 6.45) is 9.20. The molecule has 0 bridgehead atoms. The van der Waals surface area contributed by atoms with E-state index >= 15 is 0 Å². The number of aromatic nitrogens is 4. The van der Waals surface area contributed by atoms with Crippen molar-refractivity contribution in [3.63, 3.8) is 0 Å². The molecular weight excluding hydrogens is 230 g/mol. The van der Waals surface area contributed by atoms with E-state index in [9.17, 15) is 4.79 Å². The summed E-state index contributed by atoms with van der Waals surface area (Å²) in [7, 11) is 1.92. The lowest BCUT2D eigenvalue weighted by Crippen LogP contribution is -2.24. The standard InChI is InChI=1S/C12H15N5O/c1-16-6-4-13-10(16)8-15-11-12(18)17(7-5-14-11)9-2-3-9/h4-7,9H,2-3,8H2,1H3,(H,14,15). The number of aryl methyl sites for hydroxylation is 1. The molecule has 1 aliphatic carbocycles. The maximum absolute atomic E-state index is 12.1. The number of nitrogens with zero attached hydrogens (tertiary/aromatic N) is 4. The highest BCUT2D eigenvalue weighted by Crippen LogP contribution is 2.33. The molecule has 1 N–H and O–H groups in total. The van der Waals surface area contributed by atoms with Gasteiger partial charge in [0.25, 0.3) is 5.56 Å². The second-order valence-corrected chi connectivity index (χ2v) is 4.53. The van der Waals surface area contributed by atoms with Crippen LogP contribution < -0.4 is 10.9 Å². The van der Waals surface area contributed by atoms with Crippen LogP contribution in [0.15, 0.2) is 29.6 Å². The molecule has 1 fully saturated rings. The van der Waals surface area contributed by atoms with Crippen molar-refractivity contribution in [3.8, 4) is 0 Å². The number of rotatable bonds is 4. The highest BCUT2D eigenvalue weighted by atomic mass is 16.1. The molecule has 0 spiro atoms. The quantitative estimate of drug-likeness (QED) is 0.870. The van der Waals surface area contributed by atoms with Crippen LogP contribution in [-0.2, 0) is 13.6 Å². The van der Waals surface area contributed by atoms with Crippen LogP contribution in [-0.4, -0.2) is 19.1 Å². The predicted molar refractivity (Wildman–Crippen MR) is 67.3 cm³/mol. The summed E-state index contributed by atoms with van der Waals surface area (Å²) in [6.45, 7) is 0.500. The van der Waals surface area contributed by atoms with Crippen molar-refractivity contribution in [2.24, 2.45) is 7.05 Å². The zero-order valence-corrected chi connectivity index (χ0v) is 10.2. The van der Waals surface area contributed by atoms with E-state index in [4.69, 9.17) is 0 Å². The van der Waals surface area contributed by atoms with Crippen LogP contribution >= 0.6 is 0 Å². The zero-order chi connectivity index (χ0) is 12.5. The number of imidazole rings is 1. The third kappa shape index (κ3) is 2.01. The number of nitrogens with one attached hydrogen (secondary N) is 1. The van der Waals surface area contributed by atoms with Crippen LogP contribution in [0.3, 0.4) is 0 Å². The summed E-state index contributed by atoms with van der Waals surface area (Å²) >= 11 is 0. The minimum atomic E-state index is -0.0470. The first-order chi connectivity index (χ1) is 8.75. The first-order valence-electron chi connectivity index (χ1n) is 6.03. The van der Waals surface area contributed by atoms with Gasteiger partial charge >= 0.3 is 0 Å². The number of hydrogen-bond donors (Lipinski definition) is 1. The zero-order valence-electron chi connectivity index (χ0n) is 10.2. The van der Waals surface area contributed by atoms with E-state index in [1.165, 1.54) is 0 Å². The van der Waals surface area contributed by atoms with Gasteiger partial charge in [-0.1, -0.05) is 0 Å². The molecule has 18 heavy (non-hydrogen) atoms. The van der Waals surface area contributed by atoms with Gasteiger partial charge in [-0.2, -0.15) is 0 Å². The fourth-order valence-electron chi connectivity index (χ4n) is 1.92. The van der Waals surface area contributed by atoms with Gasteiger partial charge in [-0.3, -0.25) is 4.79 Å². The third-order valence-electron chi connectivity index (χ3n) is 3.14. The summed E-state index contributed by atoms with van der Waals surface area (Å²) in [4.78, 5) is 20.4. The van der Waals surface area contributed by atoms with Gasteiger partial charge < -0.3 is 14.5 Å². The molecule has 1 aliphatic rings. The molecule has 3 rings (SSSR count). The summed E-state index contributed by atoms with van der Waals surface area (Å²) in [5, 5.41) is 3.05. The Hall–Kier alpha value is -2.11. The van der Waals surface area contributed by atoms with Crippen LogP contribution in [0.1, 0.15) is 24.7 Å². The van der Waals surface area contributed by atoms with Crippen LogP contribution in [0, 0.1) is 0 Å². The minimum Gasteiger partial charge on any atom is -0.358 e. The Bertz CT molecular complexity index is 611. The van der Waals surface area contributed by atoms with Gasteiger partial charge in [0.05, 0.1) is 6.54 Å². The van der Waals surface area contributed by atoms with Crippen molar-refractivity contribution in [3.05, 3.63) is 41.0 Å². The van der Waals surface area contributed by atoms with Crippen molar-refractivity contribution in [1.82, 2.24) is 19.1 Å². The molecular formula is C12H15N5O. The molecule has 6 heteroatoms. The van der Waals surface area contributed by atoms with Gasteiger partial charge in [-0.15, -0.1) is 0 Å². The van der Waals surface area contributed by atoms with Gasteiger partial charge in [-0.05, 0) is 12.8 Å². The summed E-state index contributed by atoms with van der Waals surface area (Å²) in [5.74, 6) is 1.27. The highest BCUT2D eigenvalue weighted by molar-refractivity contribution is 5.31. The Morgan fingerprint density at radius 1 is 1.33 bits per heavy atom. The van der Waals surface area contributed by atoms with E-state index < -0.39 is 0 Å². The molecule has 0 radical (unpaired) electrons.